The molecule has 1 heterocycles. The molecule has 1 unspecified atom stereocenters. The number of carbonyl (C=O) groups excluding carboxylic acids is 3. The predicted molar refractivity (Wildman–Crippen MR) is 110 cm³/mol. The van der Waals surface area contributed by atoms with E-state index in [4.69, 9.17) is 4.74 Å². The number of imide groups is 1. The van der Waals surface area contributed by atoms with Crippen molar-refractivity contribution in [3.05, 3.63) is 71.3 Å². The molecule has 1 N–H and O–H groups in total. The van der Waals surface area contributed by atoms with Gasteiger partial charge in [0.1, 0.15) is 5.60 Å². The summed E-state index contributed by atoms with van der Waals surface area (Å²) in [6.07, 6.45) is 0.490. The monoisotopic (exact) mass is 394 g/mol. The molecule has 3 amide bonds. The molecule has 1 atom stereocenters. The van der Waals surface area contributed by atoms with Gasteiger partial charge in [-0.2, -0.15) is 0 Å². The van der Waals surface area contributed by atoms with Crippen molar-refractivity contribution in [3.63, 3.8) is 0 Å². The van der Waals surface area contributed by atoms with Crippen LogP contribution in [0.2, 0.25) is 0 Å². The van der Waals surface area contributed by atoms with E-state index in [1.807, 2.05) is 30.3 Å². The van der Waals surface area contributed by atoms with Crippen molar-refractivity contribution < 1.29 is 19.1 Å². The fourth-order valence-electron chi connectivity index (χ4n) is 3.33. The van der Waals surface area contributed by atoms with Crippen molar-refractivity contribution in [3.8, 4) is 0 Å². The Hall–Kier alpha value is -3.15. The Balaban J connectivity index is 1.69. The van der Waals surface area contributed by atoms with Crippen LogP contribution in [0.15, 0.2) is 54.6 Å². The lowest BCUT2D eigenvalue weighted by Gasteiger charge is -2.25. The highest BCUT2D eigenvalue weighted by Crippen LogP contribution is 2.23. The van der Waals surface area contributed by atoms with Crippen molar-refractivity contribution in [2.45, 2.75) is 45.3 Å². The van der Waals surface area contributed by atoms with Crippen LogP contribution in [0.5, 0.6) is 0 Å². The standard InChI is InChI=1S/C23H26N2O4/c1-23(2,3)29-22(28)24-17(15-16-9-5-4-6-10-16)13-14-25-20(26)18-11-7-8-12-19(18)21(25)27/h4-12,17H,13-15H2,1-3H3,(H,24,28). The lowest BCUT2D eigenvalue weighted by Crippen LogP contribution is -2.42. The molecule has 1 aliphatic rings. The average Bonchev–Trinajstić information content (AvgIpc) is 2.90. The Labute approximate surface area is 170 Å². The Morgan fingerprint density at radius 2 is 1.52 bits per heavy atom. The van der Waals surface area contributed by atoms with Crippen LogP contribution in [0.25, 0.3) is 0 Å². The molecule has 0 aromatic heterocycles. The zero-order valence-corrected chi connectivity index (χ0v) is 17.0. The van der Waals surface area contributed by atoms with Crippen LogP contribution in [0.4, 0.5) is 4.79 Å². The Kier molecular flexibility index (Phi) is 6.01. The number of alkyl carbamates (subject to hydrolysis) is 1. The minimum absolute atomic E-state index is 0.222. The third-order valence-electron chi connectivity index (χ3n) is 4.63. The Morgan fingerprint density at radius 1 is 0.966 bits per heavy atom. The van der Waals surface area contributed by atoms with Gasteiger partial charge in [0.15, 0.2) is 0 Å². The average molecular weight is 394 g/mol. The van der Waals surface area contributed by atoms with Gasteiger partial charge in [-0.3, -0.25) is 14.5 Å². The zero-order valence-electron chi connectivity index (χ0n) is 17.0. The smallest absolute Gasteiger partial charge is 0.407 e. The van der Waals surface area contributed by atoms with Crippen molar-refractivity contribution >= 4 is 17.9 Å². The molecular weight excluding hydrogens is 368 g/mol. The first kappa shape index (κ1) is 20.6. The van der Waals surface area contributed by atoms with Crippen LogP contribution in [0.1, 0.15) is 53.5 Å². The van der Waals surface area contributed by atoms with Crippen molar-refractivity contribution in [1.82, 2.24) is 10.2 Å². The van der Waals surface area contributed by atoms with E-state index in [9.17, 15) is 14.4 Å². The maximum absolute atomic E-state index is 12.6. The molecule has 0 radical (unpaired) electrons. The number of nitrogens with zero attached hydrogens (tertiary/aromatic N) is 1. The molecule has 6 heteroatoms. The molecule has 29 heavy (non-hydrogen) atoms. The van der Waals surface area contributed by atoms with Crippen molar-refractivity contribution in [2.24, 2.45) is 0 Å². The van der Waals surface area contributed by atoms with Gasteiger partial charge in [-0.25, -0.2) is 4.79 Å². The minimum Gasteiger partial charge on any atom is -0.444 e. The van der Waals surface area contributed by atoms with Gasteiger partial charge in [0, 0.05) is 12.6 Å². The van der Waals surface area contributed by atoms with Crippen molar-refractivity contribution in [2.75, 3.05) is 6.54 Å². The number of ether oxygens (including phenoxy) is 1. The van der Waals surface area contributed by atoms with Gasteiger partial charge in [-0.15, -0.1) is 0 Å². The molecule has 0 saturated heterocycles. The first-order chi connectivity index (χ1) is 13.7. The highest BCUT2D eigenvalue weighted by Gasteiger charge is 2.35. The molecule has 6 nitrogen and oxygen atoms in total. The van der Waals surface area contributed by atoms with E-state index in [0.717, 1.165) is 5.56 Å². The maximum Gasteiger partial charge on any atom is 0.407 e. The third-order valence-corrected chi connectivity index (χ3v) is 4.63. The Bertz CT molecular complexity index is 868. The summed E-state index contributed by atoms with van der Waals surface area (Å²) >= 11 is 0. The van der Waals surface area contributed by atoms with E-state index >= 15 is 0 Å². The zero-order chi connectivity index (χ0) is 21.0. The van der Waals surface area contributed by atoms with Gasteiger partial charge in [-0.05, 0) is 51.3 Å². The number of benzene rings is 2. The molecule has 0 spiro atoms. The quantitative estimate of drug-likeness (QED) is 0.756. The fraction of sp³-hybridized carbons (Fsp3) is 0.348. The van der Waals surface area contributed by atoms with E-state index in [2.05, 4.69) is 5.32 Å². The van der Waals surface area contributed by atoms with Crippen LogP contribution in [0, 0.1) is 0 Å². The second-order valence-corrected chi connectivity index (χ2v) is 8.13. The highest BCUT2D eigenvalue weighted by atomic mass is 16.6. The lowest BCUT2D eigenvalue weighted by atomic mass is 10.0. The molecule has 2 aromatic rings. The number of rotatable bonds is 6. The summed E-state index contributed by atoms with van der Waals surface area (Å²) < 4.78 is 5.37. The molecular formula is C23H26N2O4. The molecule has 0 saturated carbocycles. The van der Waals surface area contributed by atoms with Gasteiger partial charge < -0.3 is 10.1 Å². The van der Waals surface area contributed by atoms with Crippen LogP contribution in [-0.4, -0.2) is 41.0 Å². The normalized spacial score (nSPS) is 14.5. The lowest BCUT2D eigenvalue weighted by molar-refractivity contribution is 0.0499. The summed E-state index contributed by atoms with van der Waals surface area (Å²) in [6.45, 7) is 5.63. The van der Waals surface area contributed by atoms with Crippen LogP contribution < -0.4 is 5.32 Å². The van der Waals surface area contributed by atoms with Gasteiger partial charge in [0.2, 0.25) is 0 Å². The number of fused-ring (bicyclic) bond motifs is 1. The second kappa shape index (κ2) is 8.47. The van der Waals surface area contributed by atoms with Gasteiger partial charge in [0.25, 0.3) is 11.8 Å². The van der Waals surface area contributed by atoms with E-state index in [1.165, 1.54) is 4.90 Å². The molecule has 1 aliphatic heterocycles. The SMILES string of the molecule is CC(C)(C)OC(=O)NC(CCN1C(=O)c2ccccc2C1=O)Cc1ccccc1. The van der Waals surface area contributed by atoms with Crippen LogP contribution in [-0.2, 0) is 11.2 Å². The van der Waals surface area contributed by atoms with Crippen molar-refractivity contribution in [1.29, 1.82) is 0 Å². The van der Waals surface area contributed by atoms with E-state index in [-0.39, 0.29) is 24.4 Å². The van der Waals surface area contributed by atoms with E-state index < -0.39 is 11.7 Å². The predicted octanol–water partition coefficient (Wildman–Crippen LogP) is 3.81. The summed E-state index contributed by atoms with van der Waals surface area (Å²) in [5.41, 5.74) is 1.30. The van der Waals surface area contributed by atoms with E-state index in [0.29, 0.717) is 24.0 Å². The van der Waals surface area contributed by atoms with Gasteiger partial charge in [-0.1, -0.05) is 42.5 Å². The number of carbonyl (C=O) groups is 3. The Morgan fingerprint density at radius 3 is 2.07 bits per heavy atom. The topological polar surface area (TPSA) is 75.7 Å². The molecule has 2 aromatic carbocycles. The number of amides is 3. The first-order valence-corrected chi connectivity index (χ1v) is 9.73. The second-order valence-electron chi connectivity index (χ2n) is 8.13. The molecule has 3 rings (SSSR count). The highest BCUT2D eigenvalue weighted by molar-refractivity contribution is 6.21. The molecule has 152 valence electrons. The number of nitrogens with one attached hydrogen (secondary N) is 1. The summed E-state index contributed by atoms with van der Waals surface area (Å²) in [5, 5.41) is 2.89. The number of hydrogen-bond donors (Lipinski definition) is 1. The first-order valence-electron chi connectivity index (χ1n) is 9.73. The minimum atomic E-state index is -0.607. The van der Waals surface area contributed by atoms with Crippen LogP contribution in [0.3, 0.4) is 0 Å². The molecule has 0 aliphatic carbocycles. The van der Waals surface area contributed by atoms with Gasteiger partial charge >= 0.3 is 6.09 Å². The molecule has 0 bridgehead atoms. The summed E-state index contributed by atoms with van der Waals surface area (Å²) in [6, 6.07) is 16.3. The summed E-state index contributed by atoms with van der Waals surface area (Å²) in [7, 11) is 0. The number of hydrogen-bond acceptors (Lipinski definition) is 4. The third kappa shape index (κ3) is 5.22. The van der Waals surface area contributed by atoms with Crippen LogP contribution >= 0.6 is 0 Å². The summed E-state index contributed by atoms with van der Waals surface area (Å²) in [4.78, 5) is 38.7. The summed E-state index contributed by atoms with van der Waals surface area (Å²) in [5.74, 6) is -0.581. The molecule has 0 fully saturated rings. The maximum atomic E-state index is 12.6. The largest absolute Gasteiger partial charge is 0.444 e. The fourth-order valence-corrected chi connectivity index (χ4v) is 3.33. The van der Waals surface area contributed by atoms with E-state index in [1.54, 1.807) is 45.0 Å². The van der Waals surface area contributed by atoms with Gasteiger partial charge in [0.05, 0.1) is 11.1 Å².